The van der Waals surface area contributed by atoms with Crippen LogP contribution < -0.4 is 5.32 Å². The Hall–Kier alpha value is -0.220. The Morgan fingerprint density at radius 3 is 2.30 bits per heavy atom. The van der Waals surface area contributed by atoms with Gasteiger partial charge >= 0.3 is 0 Å². The van der Waals surface area contributed by atoms with E-state index in [1.165, 1.54) is 19.3 Å². The second kappa shape index (κ2) is 7.17. The molecule has 2 fully saturated rings. The molecule has 2 nitrogen and oxygen atoms in total. The van der Waals surface area contributed by atoms with Gasteiger partial charge in [0.15, 0.2) is 0 Å². The number of nitrogens with one attached hydrogen (secondary N) is 1. The van der Waals surface area contributed by atoms with E-state index in [4.69, 9.17) is 0 Å². The van der Waals surface area contributed by atoms with E-state index in [0.29, 0.717) is 17.9 Å². The lowest BCUT2D eigenvalue weighted by Crippen LogP contribution is -2.55. The maximum Gasteiger partial charge on any atom is 0.250 e. The monoisotopic (exact) mass is 288 g/mol. The lowest BCUT2D eigenvalue weighted by atomic mass is 9.77. The SMILES string of the molecule is CC(C)C1CC(NCC(F)F)CN(C(C)C2CCC2)C1. The fraction of sp³-hybridized carbons (Fsp3) is 1.00. The maximum absolute atomic E-state index is 12.4. The summed E-state index contributed by atoms with van der Waals surface area (Å²) in [6.07, 6.45) is 2.85. The van der Waals surface area contributed by atoms with E-state index in [1.54, 1.807) is 0 Å². The van der Waals surface area contributed by atoms with E-state index in [2.05, 4.69) is 31.0 Å². The molecule has 0 amide bonds. The van der Waals surface area contributed by atoms with Crippen LogP contribution in [0.2, 0.25) is 0 Å². The van der Waals surface area contributed by atoms with E-state index >= 15 is 0 Å². The third kappa shape index (κ3) is 4.14. The average Bonchev–Trinajstić information content (AvgIpc) is 2.33. The molecule has 1 saturated carbocycles. The second-order valence-corrected chi connectivity index (χ2v) is 7.12. The van der Waals surface area contributed by atoms with Crippen molar-refractivity contribution < 1.29 is 8.78 Å². The zero-order chi connectivity index (χ0) is 14.7. The first-order valence-electron chi connectivity index (χ1n) is 8.23. The molecule has 1 saturated heterocycles. The summed E-state index contributed by atoms with van der Waals surface area (Å²) in [4.78, 5) is 2.56. The van der Waals surface area contributed by atoms with Gasteiger partial charge in [-0.1, -0.05) is 20.3 Å². The fourth-order valence-electron chi connectivity index (χ4n) is 3.61. The van der Waals surface area contributed by atoms with Crippen LogP contribution >= 0.6 is 0 Å². The van der Waals surface area contributed by atoms with Gasteiger partial charge in [0.25, 0.3) is 6.43 Å². The molecule has 0 spiro atoms. The van der Waals surface area contributed by atoms with Crippen molar-refractivity contribution >= 4 is 0 Å². The van der Waals surface area contributed by atoms with Crippen LogP contribution in [0, 0.1) is 17.8 Å². The predicted octanol–water partition coefficient (Wildman–Crippen LogP) is 3.38. The normalized spacial score (nSPS) is 30.8. The second-order valence-electron chi connectivity index (χ2n) is 7.12. The summed E-state index contributed by atoms with van der Waals surface area (Å²) in [6, 6.07) is 0.842. The van der Waals surface area contributed by atoms with E-state index < -0.39 is 6.43 Å². The summed E-state index contributed by atoms with van der Waals surface area (Å²) < 4.78 is 24.8. The van der Waals surface area contributed by atoms with Gasteiger partial charge in [-0.25, -0.2) is 8.78 Å². The van der Waals surface area contributed by atoms with Gasteiger partial charge in [-0.3, -0.25) is 4.90 Å². The minimum Gasteiger partial charge on any atom is -0.307 e. The minimum atomic E-state index is -2.24. The first-order chi connectivity index (χ1) is 9.47. The first-order valence-corrected chi connectivity index (χ1v) is 8.23. The maximum atomic E-state index is 12.4. The molecule has 0 aromatic heterocycles. The van der Waals surface area contributed by atoms with Gasteiger partial charge in [-0.05, 0) is 43.9 Å². The van der Waals surface area contributed by atoms with E-state index in [-0.39, 0.29) is 12.6 Å². The summed E-state index contributed by atoms with van der Waals surface area (Å²) >= 11 is 0. The average molecular weight is 288 g/mol. The lowest BCUT2D eigenvalue weighted by molar-refractivity contribution is 0.0352. The number of nitrogens with zero attached hydrogens (tertiary/aromatic N) is 1. The van der Waals surface area contributed by atoms with Crippen LogP contribution in [0.4, 0.5) is 8.78 Å². The Labute approximate surface area is 122 Å². The Balaban J connectivity index is 1.92. The van der Waals surface area contributed by atoms with Crippen molar-refractivity contribution in [2.75, 3.05) is 19.6 Å². The number of rotatable bonds is 6. The Morgan fingerprint density at radius 2 is 1.80 bits per heavy atom. The van der Waals surface area contributed by atoms with Crippen molar-refractivity contribution in [1.82, 2.24) is 10.2 Å². The molecule has 4 heteroatoms. The number of alkyl halides is 2. The van der Waals surface area contributed by atoms with Crippen molar-refractivity contribution in [1.29, 1.82) is 0 Å². The van der Waals surface area contributed by atoms with E-state index in [1.807, 2.05) is 0 Å². The molecule has 2 rings (SSSR count). The van der Waals surface area contributed by atoms with E-state index in [0.717, 1.165) is 25.4 Å². The summed E-state index contributed by atoms with van der Waals surface area (Å²) in [7, 11) is 0. The highest BCUT2D eigenvalue weighted by Gasteiger charge is 2.35. The standard InChI is InChI=1S/C16H30F2N2/c1-11(2)14-7-15(19-8-16(17)18)10-20(9-14)12(3)13-5-4-6-13/h11-16,19H,4-10H2,1-3H3. The minimum absolute atomic E-state index is 0.166. The molecule has 3 atom stereocenters. The molecular formula is C16H30F2N2. The number of likely N-dealkylation sites (tertiary alicyclic amines) is 1. The summed E-state index contributed by atoms with van der Waals surface area (Å²) in [5.74, 6) is 2.08. The van der Waals surface area contributed by atoms with Crippen molar-refractivity contribution in [3.05, 3.63) is 0 Å². The van der Waals surface area contributed by atoms with Gasteiger partial charge in [-0.2, -0.15) is 0 Å². The molecule has 0 radical (unpaired) electrons. The van der Waals surface area contributed by atoms with Gasteiger partial charge in [0, 0.05) is 25.2 Å². The molecule has 0 bridgehead atoms. The van der Waals surface area contributed by atoms with Gasteiger partial charge in [-0.15, -0.1) is 0 Å². The molecule has 3 unspecified atom stereocenters. The summed E-state index contributed by atoms with van der Waals surface area (Å²) in [5.41, 5.74) is 0. The van der Waals surface area contributed by atoms with Crippen LogP contribution in [-0.4, -0.2) is 43.0 Å². The summed E-state index contributed by atoms with van der Waals surface area (Å²) in [6.45, 7) is 8.76. The van der Waals surface area contributed by atoms with Crippen molar-refractivity contribution in [2.45, 2.75) is 65.0 Å². The summed E-state index contributed by atoms with van der Waals surface area (Å²) in [5, 5.41) is 3.07. The fourth-order valence-corrected chi connectivity index (χ4v) is 3.61. The van der Waals surface area contributed by atoms with Crippen LogP contribution in [0.1, 0.15) is 46.5 Å². The number of piperidine rings is 1. The lowest BCUT2D eigenvalue weighted by Gasteiger charge is -2.46. The smallest absolute Gasteiger partial charge is 0.250 e. The molecule has 118 valence electrons. The van der Waals surface area contributed by atoms with Crippen molar-refractivity contribution in [3.8, 4) is 0 Å². The highest BCUT2D eigenvalue weighted by Crippen LogP contribution is 2.34. The number of hydrogen-bond donors (Lipinski definition) is 1. The van der Waals surface area contributed by atoms with Crippen LogP contribution in [0.3, 0.4) is 0 Å². The van der Waals surface area contributed by atoms with Gasteiger partial charge in [0.1, 0.15) is 0 Å². The van der Waals surface area contributed by atoms with E-state index in [9.17, 15) is 8.78 Å². The molecule has 0 aromatic rings. The highest BCUT2D eigenvalue weighted by atomic mass is 19.3. The van der Waals surface area contributed by atoms with Gasteiger partial charge < -0.3 is 5.32 Å². The zero-order valence-electron chi connectivity index (χ0n) is 13.1. The Kier molecular flexibility index (Phi) is 5.79. The van der Waals surface area contributed by atoms with Crippen molar-refractivity contribution in [2.24, 2.45) is 17.8 Å². The third-order valence-corrected chi connectivity index (χ3v) is 5.42. The first kappa shape index (κ1) is 16.2. The molecular weight excluding hydrogens is 258 g/mol. The largest absolute Gasteiger partial charge is 0.307 e. The van der Waals surface area contributed by atoms with Crippen LogP contribution in [-0.2, 0) is 0 Å². The predicted molar refractivity (Wildman–Crippen MR) is 79.1 cm³/mol. The topological polar surface area (TPSA) is 15.3 Å². The number of halogens is 2. The molecule has 1 N–H and O–H groups in total. The van der Waals surface area contributed by atoms with Crippen molar-refractivity contribution in [3.63, 3.8) is 0 Å². The Bertz CT molecular complexity index is 292. The molecule has 20 heavy (non-hydrogen) atoms. The third-order valence-electron chi connectivity index (χ3n) is 5.42. The quantitative estimate of drug-likeness (QED) is 0.806. The van der Waals surface area contributed by atoms with Gasteiger partial charge in [0.2, 0.25) is 0 Å². The Morgan fingerprint density at radius 1 is 1.10 bits per heavy atom. The van der Waals surface area contributed by atoms with Crippen LogP contribution in [0.25, 0.3) is 0 Å². The van der Waals surface area contributed by atoms with Gasteiger partial charge in [0.05, 0.1) is 6.54 Å². The number of hydrogen-bond acceptors (Lipinski definition) is 2. The molecule has 1 aliphatic carbocycles. The molecule has 2 aliphatic rings. The zero-order valence-corrected chi connectivity index (χ0v) is 13.1. The molecule has 1 heterocycles. The molecule has 1 aliphatic heterocycles. The molecule has 0 aromatic carbocycles. The van der Waals surface area contributed by atoms with Crippen LogP contribution in [0.5, 0.6) is 0 Å². The van der Waals surface area contributed by atoms with Crippen LogP contribution in [0.15, 0.2) is 0 Å². The highest BCUT2D eigenvalue weighted by molar-refractivity contribution is 4.90.